The molecule has 0 saturated carbocycles. The van der Waals surface area contributed by atoms with E-state index in [4.69, 9.17) is 0 Å². The monoisotopic (exact) mass is 199 g/mol. The summed E-state index contributed by atoms with van der Waals surface area (Å²) in [5, 5.41) is 7.04. The van der Waals surface area contributed by atoms with E-state index in [1.165, 1.54) is 0 Å². The van der Waals surface area contributed by atoms with E-state index in [1.54, 1.807) is 0 Å². The molecule has 0 spiro atoms. The minimum absolute atomic E-state index is 0.956. The smallest absolute Gasteiger partial charge is 0.0681 e. The third kappa shape index (κ3) is 2.13. The molecular formula is C12H13N3. The zero-order valence-corrected chi connectivity index (χ0v) is 8.86. The number of benzene rings is 1. The average Bonchev–Trinajstić information content (AvgIpc) is 2.58. The van der Waals surface area contributed by atoms with Crippen molar-refractivity contribution < 1.29 is 0 Å². The number of nitrogens with one attached hydrogen (secondary N) is 1. The van der Waals surface area contributed by atoms with E-state index in [0.29, 0.717) is 0 Å². The molecule has 0 amide bonds. The molecule has 1 aromatic heterocycles. The summed E-state index contributed by atoms with van der Waals surface area (Å²) in [6, 6.07) is 9.87. The van der Waals surface area contributed by atoms with Crippen molar-refractivity contribution >= 4 is 11.9 Å². The maximum atomic E-state index is 4.39. The number of hydrogen-bond donors (Lipinski definition) is 1. The van der Waals surface area contributed by atoms with Crippen molar-refractivity contribution in [2.24, 2.45) is 4.99 Å². The first-order valence-electron chi connectivity index (χ1n) is 4.88. The van der Waals surface area contributed by atoms with Crippen molar-refractivity contribution in [1.29, 1.82) is 0 Å². The van der Waals surface area contributed by atoms with Crippen molar-refractivity contribution in [3.63, 3.8) is 0 Å². The van der Waals surface area contributed by atoms with E-state index < -0.39 is 0 Å². The van der Waals surface area contributed by atoms with E-state index in [9.17, 15) is 0 Å². The summed E-state index contributed by atoms with van der Waals surface area (Å²) in [7, 11) is 0. The maximum absolute atomic E-state index is 4.39. The quantitative estimate of drug-likeness (QED) is 0.742. The molecule has 0 aliphatic heterocycles. The number of aromatic amines is 1. The third-order valence-corrected chi connectivity index (χ3v) is 2.28. The van der Waals surface area contributed by atoms with Gasteiger partial charge < -0.3 is 0 Å². The number of nitrogens with zero attached hydrogens (tertiary/aromatic N) is 2. The summed E-state index contributed by atoms with van der Waals surface area (Å²) >= 11 is 0. The molecule has 3 nitrogen and oxygen atoms in total. The highest BCUT2D eigenvalue weighted by Gasteiger charge is 2.01. The van der Waals surface area contributed by atoms with Gasteiger partial charge in [-0.3, -0.25) is 10.1 Å². The molecule has 0 unspecified atom stereocenters. The molecule has 76 valence electrons. The van der Waals surface area contributed by atoms with Crippen LogP contribution in [0.4, 0.5) is 5.69 Å². The fraction of sp³-hybridized carbons (Fsp3) is 0.167. The molecular weight excluding hydrogens is 186 g/mol. The normalized spacial score (nSPS) is 11.1. The number of hydrogen-bond acceptors (Lipinski definition) is 2. The Balaban J connectivity index is 2.26. The van der Waals surface area contributed by atoms with Crippen molar-refractivity contribution in [3.05, 3.63) is 47.3 Å². The van der Waals surface area contributed by atoms with Gasteiger partial charge in [-0.2, -0.15) is 5.10 Å². The first kappa shape index (κ1) is 9.65. The maximum Gasteiger partial charge on any atom is 0.0681 e. The molecule has 0 aliphatic carbocycles. The summed E-state index contributed by atoms with van der Waals surface area (Å²) in [5.74, 6) is 0. The Bertz CT molecular complexity index is 449. The second kappa shape index (κ2) is 4.09. The van der Waals surface area contributed by atoms with Crippen LogP contribution in [0.15, 0.2) is 35.3 Å². The summed E-state index contributed by atoms with van der Waals surface area (Å²) < 4.78 is 0. The number of rotatable bonds is 2. The lowest BCUT2D eigenvalue weighted by Crippen LogP contribution is -1.84. The number of H-pyrrole nitrogens is 1. The minimum Gasteiger partial charge on any atom is -0.282 e. The van der Waals surface area contributed by atoms with E-state index in [2.05, 4.69) is 15.2 Å². The Morgan fingerprint density at radius 2 is 1.93 bits per heavy atom. The molecule has 1 N–H and O–H groups in total. The molecule has 0 fully saturated rings. The highest BCUT2D eigenvalue weighted by molar-refractivity contribution is 5.84. The van der Waals surface area contributed by atoms with Crippen LogP contribution in [0.2, 0.25) is 0 Å². The lowest BCUT2D eigenvalue weighted by atomic mass is 10.2. The standard InChI is InChI=1S/C12H13N3/c1-9-12(10(2)15-14-9)8-13-11-6-4-3-5-7-11/h3-8H,1-2H3,(H,14,15). The second-order valence-electron chi connectivity index (χ2n) is 3.44. The Kier molecular flexibility index (Phi) is 2.63. The fourth-order valence-corrected chi connectivity index (χ4v) is 1.40. The molecule has 1 heterocycles. The van der Waals surface area contributed by atoms with Crippen molar-refractivity contribution in [1.82, 2.24) is 10.2 Å². The summed E-state index contributed by atoms with van der Waals surface area (Å²) in [6.45, 7) is 3.96. The van der Waals surface area contributed by atoms with E-state index in [-0.39, 0.29) is 0 Å². The van der Waals surface area contributed by atoms with Gasteiger partial charge in [0.05, 0.1) is 11.4 Å². The van der Waals surface area contributed by atoms with Crippen LogP contribution in [0.25, 0.3) is 0 Å². The molecule has 0 aliphatic rings. The molecule has 15 heavy (non-hydrogen) atoms. The summed E-state index contributed by atoms with van der Waals surface area (Å²) in [4.78, 5) is 4.39. The molecule has 2 rings (SSSR count). The van der Waals surface area contributed by atoms with Gasteiger partial charge in [0.25, 0.3) is 0 Å². The molecule has 0 bridgehead atoms. The predicted molar refractivity (Wildman–Crippen MR) is 61.8 cm³/mol. The van der Waals surface area contributed by atoms with Crippen LogP contribution < -0.4 is 0 Å². The van der Waals surface area contributed by atoms with Gasteiger partial charge in [-0.15, -0.1) is 0 Å². The molecule has 1 aromatic carbocycles. The Hall–Kier alpha value is -1.90. The largest absolute Gasteiger partial charge is 0.282 e. The van der Waals surface area contributed by atoms with Crippen LogP contribution in [-0.4, -0.2) is 16.4 Å². The van der Waals surface area contributed by atoms with Gasteiger partial charge in [-0.1, -0.05) is 18.2 Å². The fourth-order valence-electron chi connectivity index (χ4n) is 1.40. The van der Waals surface area contributed by atoms with Gasteiger partial charge in [0.1, 0.15) is 0 Å². The number of aryl methyl sites for hydroxylation is 2. The van der Waals surface area contributed by atoms with Gasteiger partial charge >= 0.3 is 0 Å². The van der Waals surface area contributed by atoms with Crippen LogP contribution in [0.3, 0.4) is 0 Å². The van der Waals surface area contributed by atoms with Gasteiger partial charge in [0, 0.05) is 17.5 Å². The van der Waals surface area contributed by atoms with Crippen LogP contribution in [0.1, 0.15) is 17.0 Å². The van der Waals surface area contributed by atoms with Gasteiger partial charge in [-0.05, 0) is 26.0 Å². The average molecular weight is 199 g/mol. The summed E-state index contributed by atoms with van der Waals surface area (Å²) in [5.41, 5.74) is 4.05. The first-order chi connectivity index (χ1) is 7.27. The van der Waals surface area contributed by atoms with Crippen LogP contribution in [0.5, 0.6) is 0 Å². The van der Waals surface area contributed by atoms with Crippen LogP contribution >= 0.6 is 0 Å². The van der Waals surface area contributed by atoms with Gasteiger partial charge in [0.2, 0.25) is 0 Å². The van der Waals surface area contributed by atoms with Crippen molar-refractivity contribution in [2.45, 2.75) is 13.8 Å². The molecule has 2 aromatic rings. The third-order valence-electron chi connectivity index (χ3n) is 2.28. The van der Waals surface area contributed by atoms with E-state index in [1.807, 2.05) is 50.4 Å². The van der Waals surface area contributed by atoms with Gasteiger partial charge in [0.15, 0.2) is 0 Å². The molecule has 3 heteroatoms. The minimum atomic E-state index is 0.956. The second-order valence-corrected chi connectivity index (χ2v) is 3.44. The Labute approximate surface area is 88.9 Å². The first-order valence-corrected chi connectivity index (χ1v) is 4.88. The Morgan fingerprint density at radius 1 is 1.20 bits per heavy atom. The zero-order chi connectivity index (χ0) is 10.7. The van der Waals surface area contributed by atoms with Gasteiger partial charge in [-0.25, -0.2) is 0 Å². The molecule has 0 saturated heterocycles. The lowest BCUT2D eigenvalue weighted by molar-refractivity contribution is 1.02. The zero-order valence-electron chi connectivity index (χ0n) is 8.86. The van der Waals surface area contributed by atoms with Crippen molar-refractivity contribution in [2.75, 3.05) is 0 Å². The SMILES string of the molecule is Cc1n[nH]c(C)c1C=Nc1ccccc1. The Morgan fingerprint density at radius 3 is 2.53 bits per heavy atom. The number of aromatic nitrogens is 2. The molecule has 0 atom stereocenters. The predicted octanol–water partition coefficient (Wildman–Crippen LogP) is 2.78. The van der Waals surface area contributed by atoms with Crippen LogP contribution in [-0.2, 0) is 0 Å². The highest BCUT2D eigenvalue weighted by Crippen LogP contribution is 2.12. The molecule has 0 radical (unpaired) electrons. The highest BCUT2D eigenvalue weighted by atomic mass is 15.1. The lowest BCUT2D eigenvalue weighted by Gasteiger charge is -1.93. The summed E-state index contributed by atoms with van der Waals surface area (Å²) in [6.07, 6.45) is 1.85. The van der Waals surface area contributed by atoms with E-state index >= 15 is 0 Å². The van der Waals surface area contributed by atoms with Crippen molar-refractivity contribution in [3.8, 4) is 0 Å². The van der Waals surface area contributed by atoms with Crippen LogP contribution in [0, 0.1) is 13.8 Å². The number of aliphatic imine (C=N–C) groups is 1. The topological polar surface area (TPSA) is 41.0 Å². The van der Waals surface area contributed by atoms with E-state index in [0.717, 1.165) is 22.6 Å². The number of para-hydroxylation sites is 1.